The minimum atomic E-state index is -0.320. The Kier molecular flexibility index (Phi) is 4.89. The fourth-order valence-electron chi connectivity index (χ4n) is 8.12. The highest BCUT2D eigenvalue weighted by atomic mass is 16.6. The van der Waals surface area contributed by atoms with E-state index in [4.69, 9.17) is 4.74 Å². The Balaban J connectivity index is 1.32. The number of benzene rings is 1. The van der Waals surface area contributed by atoms with Gasteiger partial charge >= 0.3 is 6.09 Å². The third-order valence-corrected chi connectivity index (χ3v) is 9.44. The molecule has 1 aromatic carbocycles. The van der Waals surface area contributed by atoms with Gasteiger partial charge in [-0.05, 0) is 86.5 Å². The van der Waals surface area contributed by atoms with E-state index in [2.05, 4.69) is 30.2 Å². The van der Waals surface area contributed by atoms with Crippen molar-refractivity contribution in [2.45, 2.75) is 65.0 Å². The van der Waals surface area contributed by atoms with Crippen LogP contribution >= 0.6 is 0 Å². The molecule has 0 radical (unpaired) electrons. The Bertz CT molecular complexity index is 1210. The van der Waals surface area contributed by atoms with Crippen molar-refractivity contribution in [1.82, 2.24) is 4.98 Å². The first-order valence-electron chi connectivity index (χ1n) is 13.5. The van der Waals surface area contributed by atoms with Gasteiger partial charge in [0, 0.05) is 17.4 Å². The van der Waals surface area contributed by atoms with Crippen LogP contribution in [0.2, 0.25) is 0 Å². The summed E-state index contributed by atoms with van der Waals surface area (Å²) < 4.78 is 5.43. The topological polar surface area (TPSA) is 74.8 Å². The Morgan fingerprint density at radius 3 is 2.53 bits per heavy atom. The highest BCUT2D eigenvalue weighted by molar-refractivity contribution is 6.03. The lowest BCUT2D eigenvalue weighted by Crippen LogP contribution is -2.54. The molecule has 5 fully saturated rings. The van der Waals surface area contributed by atoms with Crippen LogP contribution in [0.15, 0.2) is 36.5 Å². The van der Waals surface area contributed by atoms with Crippen LogP contribution in [0.25, 0.3) is 0 Å². The largest absolute Gasteiger partial charge is 0.447 e. The van der Waals surface area contributed by atoms with Gasteiger partial charge in [0.15, 0.2) is 0 Å². The first-order chi connectivity index (χ1) is 17.4. The number of carbonyl (C=O) groups excluding carboxylic acids is 2. The zero-order chi connectivity index (χ0) is 24.6. The molecule has 3 heterocycles. The second-order valence-electron chi connectivity index (χ2n) is 12.2. The first kappa shape index (κ1) is 22.1. The lowest BCUT2D eigenvalue weighted by molar-refractivity contribution is -0.143. The molecular weight excluding hydrogens is 452 g/mol. The molecule has 4 bridgehead atoms. The van der Waals surface area contributed by atoms with Crippen molar-refractivity contribution >= 4 is 34.9 Å². The smallest absolute Gasteiger partial charge is 0.414 e. The maximum atomic E-state index is 14.6. The molecule has 36 heavy (non-hydrogen) atoms. The third kappa shape index (κ3) is 3.35. The number of hydrogen-bond acceptors (Lipinski definition) is 5. The normalized spacial score (nSPS) is 32.1. The second kappa shape index (κ2) is 7.95. The minimum Gasteiger partial charge on any atom is -0.447 e. The number of nitrogens with zero attached hydrogens (tertiary/aromatic N) is 3. The lowest BCUT2D eigenvalue weighted by atomic mass is 9.49. The highest BCUT2D eigenvalue weighted by Gasteiger charge is 2.56. The molecule has 1 aromatic heterocycles. The SMILES string of the molecule is CC(C)[C@@H]1COC(=O)N1c1ccc2c(c1)N(C(=O)C13CC4CC(CC(C4)C1)C3)Cc1cccnc1N2. The van der Waals surface area contributed by atoms with E-state index in [0.29, 0.717) is 30.9 Å². The Morgan fingerprint density at radius 1 is 1.11 bits per heavy atom. The third-order valence-electron chi connectivity index (χ3n) is 9.44. The summed E-state index contributed by atoms with van der Waals surface area (Å²) in [6, 6.07) is 9.90. The summed E-state index contributed by atoms with van der Waals surface area (Å²) in [5.41, 5.74) is 3.20. The van der Waals surface area contributed by atoms with Crippen molar-refractivity contribution in [3.63, 3.8) is 0 Å². The summed E-state index contributed by atoms with van der Waals surface area (Å²) in [4.78, 5) is 35.7. The predicted molar refractivity (Wildman–Crippen MR) is 138 cm³/mol. The molecule has 4 aliphatic carbocycles. The minimum absolute atomic E-state index is 0.0274. The Labute approximate surface area is 212 Å². The van der Waals surface area contributed by atoms with Gasteiger partial charge in [0.25, 0.3) is 0 Å². The standard InChI is InChI=1S/C29H34N4O3/c1-17(2)25-16-36-28(35)33(25)22-5-6-23-24(11-22)32(15-21-4-3-7-30-26(21)31-23)27(34)29-12-18-8-19(13-29)10-20(9-18)14-29/h3-7,11,17-20,25H,8-10,12-16H2,1-2H3,(H,30,31)/t18?,19?,20?,25-,29?/m0/s1. The van der Waals surface area contributed by atoms with Gasteiger partial charge in [-0.25, -0.2) is 9.78 Å². The molecule has 7 nitrogen and oxygen atoms in total. The molecular formula is C29H34N4O3. The number of carbonyl (C=O) groups is 2. The van der Waals surface area contributed by atoms with E-state index in [1.807, 2.05) is 29.2 Å². The van der Waals surface area contributed by atoms with E-state index < -0.39 is 0 Å². The van der Waals surface area contributed by atoms with Gasteiger partial charge in [0.2, 0.25) is 5.91 Å². The van der Waals surface area contributed by atoms with Gasteiger partial charge in [-0.2, -0.15) is 0 Å². The Hall–Kier alpha value is -3.09. The van der Waals surface area contributed by atoms with Gasteiger partial charge < -0.3 is 15.0 Å². The lowest BCUT2D eigenvalue weighted by Gasteiger charge is -2.56. The van der Waals surface area contributed by atoms with E-state index in [0.717, 1.165) is 47.7 Å². The van der Waals surface area contributed by atoms with Gasteiger partial charge in [-0.1, -0.05) is 19.9 Å². The van der Waals surface area contributed by atoms with Crippen molar-refractivity contribution in [3.05, 3.63) is 42.1 Å². The van der Waals surface area contributed by atoms with Gasteiger partial charge in [-0.3, -0.25) is 9.69 Å². The summed E-state index contributed by atoms with van der Waals surface area (Å²) in [6.07, 6.45) is 8.42. The molecule has 0 unspecified atom stereocenters. The number of anilines is 4. The summed E-state index contributed by atoms with van der Waals surface area (Å²) >= 11 is 0. The average Bonchev–Trinajstić information content (AvgIpc) is 3.16. The molecule has 1 atom stereocenters. The zero-order valence-corrected chi connectivity index (χ0v) is 21.1. The molecule has 2 aromatic rings. The number of aromatic nitrogens is 1. The fraction of sp³-hybridized carbons (Fsp3) is 0.552. The van der Waals surface area contributed by atoms with Crippen molar-refractivity contribution in [2.24, 2.45) is 29.1 Å². The number of cyclic esters (lactones) is 1. The number of pyridine rings is 1. The van der Waals surface area contributed by atoms with Crippen molar-refractivity contribution in [2.75, 3.05) is 21.7 Å². The van der Waals surface area contributed by atoms with Crippen LogP contribution in [0.1, 0.15) is 57.9 Å². The molecule has 188 valence electrons. The van der Waals surface area contributed by atoms with Crippen LogP contribution < -0.4 is 15.1 Å². The first-order valence-corrected chi connectivity index (χ1v) is 13.5. The van der Waals surface area contributed by atoms with Crippen molar-refractivity contribution in [1.29, 1.82) is 0 Å². The van der Waals surface area contributed by atoms with Gasteiger partial charge in [-0.15, -0.1) is 0 Å². The quantitative estimate of drug-likeness (QED) is 0.587. The van der Waals surface area contributed by atoms with Crippen LogP contribution in [-0.4, -0.2) is 29.6 Å². The highest BCUT2D eigenvalue weighted by Crippen LogP contribution is 2.61. The van der Waals surface area contributed by atoms with E-state index in [9.17, 15) is 9.59 Å². The summed E-state index contributed by atoms with van der Waals surface area (Å²) in [5.74, 6) is 3.37. The Morgan fingerprint density at radius 2 is 1.83 bits per heavy atom. The molecule has 6 aliphatic rings. The molecule has 7 heteroatoms. The fourth-order valence-corrected chi connectivity index (χ4v) is 8.12. The maximum Gasteiger partial charge on any atom is 0.414 e. The molecule has 2 amide bonds. The number of rotatable bonds is 3. The molecule has 1 saturated heterocycles. The molecule has 0 spiro atoms. The van der Waals surface area contributed by atoms with E-state index in [1.54, 1.807) is 11.1 Å². The van der Waals surface area contributed by atoms with E-state index in [1.165, 1.54) is 19.3 Å². The van der Waals surface area contributed by atoms with Crippen molar-refractivity contribution in [3.8, 4) is 0 Å². The predicted octanol–water partition coefficient (Wildman–Crippen LogP) is 5.87. The molecule has 2 aliphatic heterocycles. The number of ether oxygens (including phenoxy) is 1. The number of hydrogen-bond donors (Lipinski definition) is 1. The van der Waals surface area contributed by atoms with Crippen LogP contribution in [0.4, 0.5) is 27.7 Å². The van der Waals surface area contributed by atoms with Crippen LogP contribution in [-0.2, 0) is 16.1 Å². The summed E-state index contributed by atoms with van der Waals surface area (Å²) in [5, 5.41) is 3.48. The van der Waals surface area contributed by atoms with E-state index in [-0.39, 0.29) is 29.4 Å². The summed E-state index contributed by atoms with van der Waals surface area (Å²) in [6.45, 7) is 5.08. The molecule has 1 N–H and O–H groups in total. The maximum absolute atomic E-state index is 14.6. The zero-order valence-electron chi connectivity index (χ0n) is 21.1. The molecule has 4 saturated carbocycles. The van der Waals surface area contributed by atoms with E-state index >= 15 is 0 Å². The van der Waals surface area contributed by atoms with Crippen LogP contribution in [0.3, 0.4) is 0 Å². The number of amides is 2. The van der Waals surface area contributed by atoms with Crippen LogP contribution in [0.5, 0.6) is 0 Å². The number of nitrogens with one attached hydrogen (secondary N) is 1. The van der Waals surface area contributed by atoms with Gasteiger partial charge in [0.1, 0.15) is 12.4 Å². The monoisotopic (exact) mass is 486 g/mol. The van der Waals surface area contributed by atoms with Gasteiger partial charge in [0.05, 0.1) is 29.4 Å². The average molecular weight is 487 g/mol. The molecule has 8 rings (SSSR count). The van der Waals surface area contributed by atoms with Crippen LogP contribution in [0, 0.1) is 29.1 Å². The second-order valence-corrected chi connectivity index (χ2v) is 12.2. The van der Waals surface area contributed by atoms with Crippen molar-refractivity contribution < 1.29 is 14.3 Å². The number of fused-ring (bicyclic) bond motifs is 2. The summed E-state index contributed by atoms with van der Waals surface area (Å²) in [7, 11) is 0.